The van der Waals surface area contributed by atoms with Gasteiger partial charge in [0.05, 0.1) is 37.7 Å². The number of halogens is 1. The standard InChI is InChI=1S/C22H22BrN3O5/c1-29-19-8-15(9-20(10-19)30-2)12-25(14-21(27)31-3)22(28)16-4-6-18(7-5-16)26-13-17(23)11-24-26/h4-11,13H,12,14H2,1-3H3. The number of ether oxygens (including phenoxy) is 3. The fourth-order valence-electron chi connectivity index (χ4n) is 2.98. The molecule has 0 aliphatic rings. The quantitative estimate of drug-likeness (QED) is 0.452. The summed E-state index contributed by atoms with van der Waals surface area (Å²) in [6.07, 6.45) is 3.50. The van der Waals surface area contributed by atoms with Gasteiger partial charge in [-0.2, -0.15) is 5.10 Å². The lowest BCUT2D eigenvalue weighted by Crippen LogP contribution is -2.35. The van der Waals surface area contributed by atoms with Crippen molar-refractivity contribution in [2.24, 2.45) is 0 Å². The van der Waals surface area contributed by atoms with Crippen LogP contribution in [0.3, 0.4) is 0 Å². The lowest BCUT2D eigenvalue weighted by atomic mass is 10.1. The van der Waals surface area contributed by atoms with Crippen LogP contribution in [-0.4, -0.2) is 54.4 Å². The number of benzene rings is 2. The van der Waals surface area contributed by atoms with Crippen molar-refractivity contribution >= 4 is 27.8 Å². The molecule has 0 atom stereocenters. The number of hydrogen-bond donors (Lipinski definition) is 0. The smallest absolute Gasteiger partial charge is 0.325 e. The van der Waals surface area contributed by atoms with Crippen LogP contribution >= 0.6 is 15.9 Å². The van der Waals surface area contributed by atoms with Crippen molar-refractivity contribution < 1.29 is 23.8 Å². The van der Waals surface area contributed by atoms with E-state index in [4.69, 9.17) is 14.2 Å². The molecule has 0 fully saturated rings. The summed E-state index contributed by atoms with van der Waals surface area (Å²) in [5.74, 6) is 0.366. The second-order valence-corrected chi connectivity index (χ2v) is 7.52. The summed E-state index contributed by atoms with van der Waals surface area (Å²) in [5.41, 5.74) is 2.00. The maximum atomic E-state index is 13.2. The number of esters is 1. The van der Waals surface area contributed by atoms with Gasteiger partial charge in [0.1, 0.15) is 18.0 Å². The highest BCUT2D eigenvalue weighted by molar-refractivity contribution is 9.10. The molecular weight excluding hydrogens is 466 g/mol. The Bertz CT molecular complexity index is 1040. The van der Waals surface area contributed by atoms with Crippen LogP contribution in [0.15, 0.2) is 59.3 Å². The van der Waals surface area contributed by atoms with E-state index in [0.717, 1.165) is 15.7 Å². The van der Waals surface area contributed by atoms with Crippen molar-refractivity contribution in [3.63, 3.8) is 0 Å². The Morgan fingerprint density at radius 3 is 2.19 bits per heavy atom. The third-order valence-electron chi connectivity index (χ3n) is 4.55. The van der Waals surface area contributed by atoms with Gasteiger partial charge in [0.15, 0.2) is 0 Å². The number of hydrogen-bond acceptors (Lipinski definition) is 6. The highest BCUT2D eigenvalue weighted by Gasteiger charge is 2.20. The molecule has 0 radical (unpaired) electrons. The van der Waals surface area contributed by atoms with Crippen LogP contribution in [-0.2, 0) is 16.1 Å². The van der Waals surface area contributed by atoms with Gasteiger partial charge in [-0.25, -0.2) is 4.68 Å². The average Bonchev–Trinajstić information content (AvgIpc) is 3.24. The van der Waals surface area contributed by atoms with Gasteiger partial charge in [-0.05, 0) is 57.9 Å². The molecule has 0 unspecified atom stereocenters. The molecule has 162 valence electrons. The van der Waals surface area contributed by atoms with Gasteiger partial charge in [-0.15, -0.1) is 0 Å². The summed E-state index contributed by atoms with van der Waals surface area (Å²) in [7, 11) is 4.39. The summed E-state index contributed by atoms with van der Waals surface area (Å²) < 4.78 is 17.9. The summed E-state index contributed by atoms with van der Waals surface area (Å²) in [5, 5.41) is 4.22. The van der Waals surface area contributed by atoms with E-state index in [9.17, 15) is 9.59 Å². The highest BCUT2D eigenvalue weighted by atomic mass is 79.9. The minimum Gasteiger partial charge on any atom is -0.497 e. The van der Waals surface area contributed by atoms with Gasteiger partial charge in [-0.1, -0.05) is 0 Å². The third-order valence-corrected chi connectivity index (χ3v) is 4.96. The lowest BCUT2D eigenvalue weighted by molar-refractivity contribution is -0.141. The second kappa shape index (κ2) is 10.1. The fraction of sp³-hybridized carbons (Fsp3) is 0.227. The Morgan fingerprint density at radius 1 is 1.03 bits per heavy atom. The first-order valence-corrected chi connectivity index (χ1v) is 10.1. The molecule has 9 heteroatoms. The van der Waals surface area contributed by atoms with Crippen LogP contribution in [0.2, 0.25) is 0 Å². The van der Waals surface area contributed by atoms with Crippen LogP contribution in [0.1, 0.15) is 15.9 Å². The summed E-state index contributed by atoms with van der Waals surface area (Å²) >= 11 is 3.36. The normalized spacial score (nSPS) is 10.5. The molecule has 0 bridgehead atoms. The molecule has 0 saturated carbocycles. The molecule has 1 heterocycles. The highest BCUT2D eigenvalue weighted by Crippen LogP contribution is 2.24. The van der Waals surface area contributed by atoms with E-state index in [1.165, 1.54) is 12.0 Å². The van der Waals surface area contributed by atoms with Gasteiger partial charge >= 0.3 is 5.97 Å². The molecule has 2 aromatic carbocycles. The first-order valence-electron chi connectivity index (χ1n) is 9.32. The molecule has 0 saturated heterocycles. The first kappa shape index (κ1) is 22.4. The van der Waals surface area contributed by atoms with Crippen LogP contribution in [0.4, 0.5) is 0 Å². The van der Waals surface area contributed by atoms with Gasteiger partial charge in [0, 0.05) is 24.4 Å². The van der Waals surface area contributed by atoms with E-state index in [-0.39, 0.29) is 19.0 Å². The number of rotatable bonds is 8. The fourth-order valence-corrected chi connectivity index (χ4v) is 3.26. The Balaban J connectivity index is 1.86. The van der Waals surface area contributed by atoms with Crippen LogP contribution in [0.5, 0.6) is 11.5 Å². The number of methoxy groups -OCH3 is 3. The van der Waals surface area contributed by atoms with Crippen LogP contribution in [0, 0.1) is 0 Å². The van der Waals surface area contributed by atoms with Crippen LogP contribution < -0.4 is 9.47 Å². The van der Waals surface area contributed by atoms with E-state index in [1.807, 2.05) is 6.20 Å². The van der Waals surface area contributed by atoms with Crippen molar-refractivity contribution in [2.75, 3.05) is 27.9 Å². The summed E-state index contributed by atoms with van der Waals surface area (Å²) in [6.45, 7) is -0.0158. The molecule has 8 nitrogen and oxygen atoms in total. The van der Waals surface area contributed by atoms with Crippen molar-refractivity contribution in [3.05, 3.63) is 70.5 Å². The molecule has 1 amide bonds. The number of nitrogens with zero attached hydrogens (tertiary/aromatic N) is 3. The molecule has 1 aromatic heterocycles. The zero-order valence-electron chi connectivity index (χ0n) is 17.4. The largest absolute Gasteiger partial charge is 0.497 e. The predicted molar refractivity (Wildman–Crippen MR) is 118 cm³/mol. The molecule has 3 aromatic rings. The summed E-state index contributed by atoms with van der Waals surface area (Å²) in [6, 6.07) is 12.3. The molecular formula is C22H22BrN3O5. The molecule has 3 rings (SSSR count). The van der Waals surface area contributed by atoms with E-state index < -0.39 is 5.97 Å². The van der Waals surface area contributed by atoms with E-state index in [0.29, 0.717) is 17.1 Å². The monoisotopic (exact) mass is 487 g/mol. The lowest BCUT2D eigenvalue weighted by Gasteiger charge is -2.22. The number of amides is 1. The van der Waals surface area contributed by atoms with Gasteiger partial charge in [0.25, 0.3) is 5.91 Å². The first-order chi connectivity index (χ1) is 14.9. The van der Waals surface area contributed by atoms with Crippen molar-refractivity contribution in [1.82, 2.24) is 14.7 Å². The van der Waals surface area contributed by atoms with Gasteiger partial charge in [0.2, 0.25) is 0 Å². The number of aromatic nitrogens is 2. The zero-order chi connectivity index (χ0) is 22.4. The van der Waals surface area contributed by atoms with Crippen molar-refractivity contribution in [3.8, 4) is 17.2 Å². The molecule has 0 aliphatic carbocycles. The Kier molecular flexibility index (Phi) is 7.30. The number of carbonyl (C=O) groups excluding carboxylic acids is 2. The molecule has 31 heavy (non-hydrogen) atoms. The molecule has 0 aliphatic heterocycles. The van der Waals surface area contributed by atoms with E-state index in [1.54, 1.807) is 67.6 Å². The number of carbonyl (C=O) groups is 2. The van der Waals surface area contributed by atoms with E-state index >= 15 is 0 Å². The molecule has 0 spiro atoms. The SMILES string of the molecule is COC(=O)CN(Cc1cc(OC)cc(OC)c1)C(=O)c1ccc(-n2cc(Br)cn2)cc1. The average molecular weight is 488 g/mol. The van der Waals surface area contributed by atoms with Crippen molar-refractivity contribution in [1.29, 1.82) is 0 Å². The van der Waals surface area contributed by atoms with Gasteiger partial charge in [-0.3, -0.25) is 9.59 Å². The second-order valence-electron chi connectivity index (χ2n) is 6.61. The molecule has 0 N–H and O–H groups in total. The Morgan fingerprint density at radius 2 is 1.68 bits per heavy atom. The predicted octanol–water partition coefficient (Wildman–Crippen LogP) is 3.47. The Hall–Kier alpha value is -3.33. The Labute approximate surface area is 188 Å². The minimum atomic E-state index is -0.513. The topological polar surface area (TPSA) is 82.9 Å². The summed E-state index contributed by atoms with van der Waals surface area (Å²) in [4.78, 5) is 26.6. The van der Waals surface area contributed by atoms with E-state index in [2.05, 4.69) is 21.0 Å². The van der Waals surface area contributed by atoms with Gasteiger partial charge < -0.3 is 19.1 Å². The minimum absolute atomic E-state index is 0.176. The third kappa shape index (κ3) is 5.64. The van der Waals surface area contributed by atoms with Crippen LogP contribution in [0.25, 0.3) is 5.69 Å². The zero-order valence-corrected chi connectivity index (χ0v) is 19.0. The maximum absolute atomic E-state index is 13.2. The maximum Gasteiger partial charge on any atom is 0.325 e. The van der Waals surface area contributed by atoms with Crippen molar-refractivity contribution in [2.45, 2.75) is 6.54 Å².